The quantitative estimate of drug-likeness (QED) is 0.716. The van der Waals surface area contributed by atoms with E-state index in [9.17, 15) is 4.79 Å². The van der Waals surface area contributed by atoms with Crippen molar-refractivity contribution in [2.45, 2.75) is 19.4 Å². The summed E-state index contributed by atoms with van der Waals surface area (Å²) in [5.41, 5.74) is 1.43. The fourth-order valence-electron chi connectivity index (χ4n) is 1.95. The first-order valence-corrected chi connectivity index (χ1v) is 5.12. The molecule has 1 aromatic rings. The lowest BCUT2D eigenvalue weighted by molar-refractivity contribution is 0.0296. The van der Waals surface area contributed by atoms with E-state index in [1.165, 1.54) is 7.11 Å². The first kappa shape index (κ1) is 10.8. The summed E-state index contributed by atoms with van der Waals surface area (Å²) in [4.78, 5) is 11.8. The van der Waals surface area contributed by atoms with Gasteiger partial charge in [-0.15, -0.1) is 0 Å². The van der Waals surface area contributed by atoms with Crippen molar-refractivity contribution in [2.75, 3.05) is 14.2 Å². The Morgan fingerprint density at radius 1 is 1.31 bits per heavy atom. The summed E-state index contributed by atoms with van der Waals surface area (Å²) in [6, 6.07) is 3.69. The number of rotatable bonds is 2. The maximum Gasteiger partial charge on any atom is 0.342 e. The molecular weight excluding hydrogens is 208 g/mol. The number of methoxy groups -OCH3 is 2. The number of esters is 1. The zero-order valence-corrected chi connectivity index (χ0v) is 9.57. The SMILES string of the molecule is COc1ccc2c(c1OC)C(=O)O[C@@H](C)C2. The third kappa shape index (κ3) is 1.60. The van der Waals surface area contributed by atoms with Gasteiger partial charge in [0.05, 0.1) is 14.2 Å². The molecule has 0 fully saturated rings. The van der Waals surface area contributed by atoms with E-state index in [1.807, 2.05) is 19.1 Å². The molecule has 1 aliphatic rings. The minimum atomic E-state index is -0.343. The van der Waals surface area contributed by atoms with Crippen LogP contribution in [-0.4, -0.2) is 26.3 Å². The fraction of sp³-hybridized carbons (Fsp3) is 0.417. The molecule has 0 amide bonds. The lowest BCUT2D eigenvalue weighted by Gasteiger charge is -2.24. The number of hydrogen-bond acceptors (Lipinski definition) is 4. The molecule has 0 bridgehead atoms. The predicted octanol–water partition coefficient (Wildman–Crippen LogP) is 1.81. The van der Waals surface area contributed by atoms with Crippen LogP contribution in [0.4, 0.5) is 0 Å². The molecule has 0 unspecified atom stereocenters. The molecule has 1 atom stereocenters. The van der Waals surface area contributed by atoms with Crippen LogP contribution in [0.5, 0.6) is 11.5 Å². The van der Waals surface area contributed by atoms with Crippen LogP contribution >= 0.6 is 0 Å². The van der Waals surface area contributed by atoms with Crippen molar-refractivity contribution in [3.05, 3.63) is 23.3 Å². The van der Waals surface area contributed by atoms with Crippen LogP contribution in [0.25, 0.3) is 0 Å². The Hall–Kier alpha value is -1.71. The number of ether oxygens (including phenoxy) is 3. The second-order valence-corrected chi connectivity index (χ2v) is 3.76. The summed E-state index contributed by atoms with van der Waals surface area (Å²) in [7, 11) is 3.06. The van der Waals surface area contributed by atoms with Crippen LogP contribution in [0.3, 0.4) is 0 Å². The van der Waals surface area contributed by atoms with Gasteiger partial charge in [-0.05, 0) is 18.6 Å². The average Bonchev–Trinajstić information content (AvgIpc) is 2.27. The molecule has 0 saturated heterocycles. The number of cyclic esters (lactones) is 1. The molecule has 0 saturated carbocycles. The van der Waals surface area contributed by atoms with E-state index in [0.717, 1.165) is 5.56 Å². The third-order valence-corrected chi connectivity index (χ3v) is 2.65. The lowest BCUT2D eigenvalue weighted by atomic mass is 9.98. The van der Waals surface area contributed by atoms with Gasteiger partial charge in [-0.2, -0.15) is 0 Å². The van der Waals surface area contributed by atoms with Gasteiger partial charge in [-0.1, -0.05) is 6.07 Å². The van der Waals surface area contributed by atoms with Gasteiger partial charge in [0.25, 0.3) is 0 Å². The lowest BCUT2D eigenvalue weighted by Crippen LogP contribution is -2.25. The van der Waals surface area contributed by atoms with Crippen molar-refractivity contribution in [1.82, 2.24) is 0 Å². The Kier molecular flexibility index (Phi) is 2.73. The van der Waals surface area contributed by atoms with Gasteiger partial charge in [0.2, 0.25) is 0 Å². The summed E-state index contributed by atoms with van der Waals surface area (Å²) in [5.74, 6) is 0.661. The molecule has 1 aliphatic heterocycles. The molecule has 0 radical (unpaired) electrons. The summed E-state index contributed by atoms with van der Waals surface area (Å²) in [6.45, 7) is 1.87. The van der Waals surface area contributed by atoms with E-state index < -0.39 is 0 Å². The van der Waals surface area contributed by atoms with Crippen molar-refractivity contribution >= 4 is 5.97 Å². The number of carbonyl (C=O) groups excluding carboxylic acids is 1. The Labute approximate surface area is 94.1 Å². The molecule has 4 heteroatoms. The highest BCUT2D eigenvalue weighted by molar-refractivity contribution is 5.96. The van der Waals surface area contributed by atoms with Gasteiger partial charge in [-0.25, -0.2) is 4.79 Å². The van der Waals surface area contributed by atoms with E-state index in [1.54, 1.807) is 7.11 Å². The Morgan fingerprint density at radius 3 is 2.69 bits per heavy atom. The Bertz CT molecular complexity index is 425. The van der Waals surface area contributed by atoms with Gasteiger partial charge < -0.3 is 14.2 Å². The van der Waals surface area contributed by atoms with Crippen LogP contribution in [0, 0.1) is 0 Å². The summed E-state index contributed by atoms with van der Waals surface area (Å²) in [6.07, 6.45) is 0.625. The van der Waals surface area contributed by atoms with Crippen LogP contribution in [0.1, 0.15) is 22.8 Å². The van der Waals surface area contributed by atoms with Gasteiger partial charge in [0.1, 0.15) is 11.7 Å². The Balaban J connectivity index is 2.58. The molecule has 4 nitrogen and oxygen atoms in total. The highest BCUT2D eigenvalue weighted by atomic mass is 16.5. The Morgan fingerprint density at radius 2 is 2.06 bits per heavy atom. The van der Waals surface area contributed by atoms with Crippen molar-refractivity contribution in [1.29, 1.82) is 0 Å². The van der Waals surface area contributed by atoms with Gasteiger partial charge in [-0.3, -0.25) is 0 Å². The first-order valence-electron chi connectivity index (χ1n) is 5.12. The van der Waals surface area contributed by atoms with E-state index in [2.05, 4.69) is 0 Å². The highest BCUT2D eigenvalue weighted by Crippen LogP contribution is 2.36. The van der Waals surface area contributed by atoms with Crippen molar-refractivity contribution < 1.29 is 19.0 Å². The molecule has 0 spiro atoms. The number of hydrogen-bond donors (Lipinski definition) is 0. The standard InChI is InChI=1S/C12H14O4/c1-7-6-8-4-5-9(14-2)11(15-3)10(8)12(13)16-7/h4-5,7H,6H2,1-3H3/t7-/m0/s1. The molecule has 16 heavy (non-hydrogen) atoms. The second kappa shape index (κ2) is 4.04. The minimum Gasteiger partial charge on any atom is -0.493 e. The predicted molar refractivity (Wildman–Crippen MR) is 58.1 cm³/mol. The fourth-order valence-corrected chi connectivity index (χ4v) is 1.95. The normalized spacial score (nSPS) is 18.7. The molecule has 0 aromatic heterocycles. The highest BCUT2D eigenvalue weighted by Gasteiger charge is 2.29. The average molecular weight is 222 g/mol. The number of benzene rings is 1. The number of fused-ring (bicyclic) bond motifs is 1. The van der Waals surface area contributed by atoms with E-state index in [-0.39, 0.29) is 12.1 Å². The zero-order chi connectivity index (χ0) is 11.7. The molecule has 86 valence electrons. The smallest absolute Gasteiger partial charge is 0.342 e. The molecule has 0 aliphatic carbocycles. The van der Waals surface area contributed by atoms with Crippen LogP contribution in [-0.2, 0) is 11.2 Å². The van der Waals surface area contributed by atoms with Gasteiger partial charge in [0, 0.05) is 6.42 Å². The molecule has 0 N–H and O–H groups in total. The van der Waals surface area contributed by atoms with Crippen LogP contribution < -0.4 is 9.47 Å². The molecular formula is C12H14O4. The van der Waals surface area contributed by atoms with Crippen molar-refractivity contribution in [3.8, 4) is 11.5 Å². The minimum absolute atomic E-state index is 0.0851. The largest absolute Gasteiger partial charge is 0.493 e. The summed E-state index contributed by atoms with van der Waals surface area (Å²) in [5, 5.41) is 0. The van der Waals surface area contributed by atoms with E-state index in [4.69, 9.17) is 14.2 Å². The molecule has 1 heterocycles. The number of carbonyl (C=O) groups is 1. The summed E-state index contributed by atoms with van der Waals surface area (Å²) >= 11 is 0. The topological polar surface area (TPSA) is 44.8 Å². The first-order chi connectivity index (χ1) is 7.67. The van der Waals surface area contributed by atoms with E-state index in [0.29, 0.717) is 23.5 Å². The monoisotopic (exact) mass is 222 g/mol. The van der Waals surface area contributed by atoms with Crippen LogP contribution in [0.2, 0.25) is 0 Å². The molecule has 1 aromatic carbocycles. The van der Waals surface area contributed by atoms with Crippen molar-refractivity contribution in [3.63, 3.8) is 0 Å². The zero-order valence-electron chi connectivity index (χ0n) is 9.57. The maximum atomic E-state index is 11.8. The van der Waals surface area contributed by atoms with Crippen LogP contribution in [0.15, 0.2) is 12.1 Å². The maximum absolute atomic E-state index is 11.8. The molecule has 2 rings (SSSR count). The van der Waals surface area contributed by atoms with Gasteiger partial charge >= 0.3 is 5.97 Å². The van der Waals surface area contributed by atoms with Crippen molar-refractivity contribution in [2.24, 2.45) is 0 Å². The van der Waals surface area contributed by atoms with Gasteiger partial charge in [0.15, 0.2) is 11.5 Å². The second-order valence-electron chi connectivity index (χ2n) is 3.76. The van der Waals surface area contributed by atoms with E-state index >= 15 is 0 Å². The summed E-state index contributed by atoms with van der Waals surface area (Å²) < 4.78 is 15.5. The third-order valence-electron chi connectivity index (χ3n) is 2.65.